The quantitative estimate of drug-likeness (QED) is 0.561. The summed E-state index contributed by atoms with van der Waals surface area (Å²) in [6, 6.07) is 6.56. The Kier molecular flexibility index (Phi) is 6.84. The van der Waals surface area contributed by atoms with Gasteiger partial charge in [-0.05, 0) is 38.1 Å². The van der Waals surface area contributed by atoms with Crippen molar-refractivity contribution in [2.75, 3.05) is 13.7 Å². The van der Waals surface area contributed by atoms with Gasteiger partial charge in [-0.15, -0.1) is 0 Å². The fourth-order valence-corrected chi connectivity index (χ4v) is 2.60. The summed E-state index contributed by atoms with van der Waals surface area (Å²) >= 11 is 0. The molecule has 2 rings (SSSR count). The molecule has 1 heterocycles. The third-order valence-corrected chi connectivity index (χ3v) is 4.13. The Labute approximate surface area is 156 Å². The second-order valence-electron chi connectivity index (χ2n) is 5.78. The molecule has 0 fully saturated rings. The molecular weight excluding hydrogens is 350 g/mol. The number of hydrogen-bond donors (Lipinski definition) is 1. The zero-order valence-corrected chi connectivity index (χ0v) is 15.6. The number of rotatable bonds is 8. The summed E-state index contributed by atoms with van der Waals surface area (Å²) in [5.41, 5.74) is -0.159. The lowest BCUT2D eigenvalue weighted by Crippen LogP contribution is -2.41. The number of Topliss-reactive ketones (excluding diaryl/α,β-unsaturated/α-hetero) is 1. The standard InChI is InChI=1S/C19H23N3O5/c1-4-21-17(24)15(18(25)22(5-2)19(21)26)12-20-14-8-6-13(7-9-14)16(23)10-11-27-3/h6-9,12,24H,4-5,10-11H2,1-3H3. The fraction of sp³-hybridized carbons (Fsp3) is 0.368. The zero-order valence-electron chi connectivity index (χ0n) is 15.6. The Hall–Kier alpha value is -3.00. The first-order valence-electron chi connectivity index (χ1n) is 8.67. The predicted octanol–water partition coefficient (Wildman–Crippen LogP) is 1.73. The number of hydrogen-bond acceptors (Lipinski definition) is 6. The van der Waals surface area contributed by atoms with Crippen molar-refractivity contribution in [2.45, 2.75) is 33.4 Å². The van der Waals surface area contributed by atoms with E-state index in [-0.39, 0.29) is 24.4 Å². The smallest absolute Gasteiger partial charge is 0.333 e. The van der Waals surface area contributed by atoms with Gasteiger partial charge in [-0.1, -0.05) is 0 Å². The zero-order chi connectivity index (χ0) is 20.0. The first-order chi connectivity index (χ1) is 12.9. The van der Waals surface area contributed by atoms with Crippen LogP contribution in [0.4, 0.5) is 5.69 Å². The van der Waals surface area contributed by atoms with Crippen molar-refractivity contribution in [3.63, 3.8) is 0 Å². The second-order valence-corrected chi connectivity index (χ2v) is 5.78. The third-order valence-electron chi connectivity index (χ3n) is 4.13. The van der Waals surface area contributed by atoms with E-state index in [2.05, 4.69) is 4.99 Å². The highest BCUT2D eigenvalue weighted by molar-refractivity contribution is 5.96. The maximum atomic E-state index is 12.4. The van der Waals surface area contributed by atoms with Crippen LogP contribution in [-0.2, 0) is 17.8 Å². The van der Waals surface area contributed by atoms with Gasteiger partial charge in [0.1, 0.15) is 5.56 Å². The van der Waals surface area contributed by atoms with E-state index in [4.69, 9.17) is 4.74 Å². The minimum atomic E-state index is -0.597. The van der Waals surface area contributed by atoms with Crippen LogP contribution in [0, 0.1) is 0 Å². The van der Waals surface area contributed by atoms with Crippen molar-refractivity contribution < 1.29 is 14.6 Å². The fourth-order valence-electron chi connectivity index (χ4n) is 2.60. The highest BCUT2D eigenvalue weighted by Gasteiger charge is 2.15. The highest BCUT2D eigenvalue weighted by Crippen LogP contribution is 2.16. The summed E-state index contributed by atoms with van der Waals surface area (Å²) < 4.78 is 7.05. The number of nitrogens with zero attached hydrogens (tertiary/aromatic N) is 3. The van der Waals surface area contributed by atoms with Crippen LogP contribution >= 0.6 is 0 Å². The van der Waals surface area contributed by atoms with E-state index in [1.165, 1.54) is 13.3 Å². The van der Waals surface area contributed by atoms with E-state index < -0.39 is 17.1 Å². The summed E-state index contributed by atoms with van der Waals surface area (Å²) in [4.78, 5) is 40.7. The lowest BCUT2D eigenvalue weighted by atomic mass is 10.1. The summed E-state index contributed by atoms with van der Waals surface area (Å²) in [6.45, 7) is 4.15. The minimum absolute atomic E-state index is 0.0362. The monoisotopic (exact) mass is 373 g/mol. The first kappa shape index (κ1) is 20.3. The molecule has 1 N–H and O–H groups in total. The summed E-state index contributed by atoms with van der Waals surface area (Å²) in [7, 11) is 1.54. The Morgan fingerprint density at radius 2 is 1.78 bits per heavy atom. The lowest BCUT2D eigenvalue weighted by Gasteiger charge is -2.11. The van der Waals surface area contributed by atoms with Gasteiger partial charge in [-0.2, -0.15) is 0 Å². The number of aromatic nitrogens is 2. The van der Waals surface area contributed by atoms with Crippen LogP contribution < -0.4 is 11.2 Å². The van der Waals surface area contributed by atoms with E-state index >= 15 is 0 Å². The maximum absolute atomic E-state index is 12.4. The van der Waals surface area contributed by atoms with Gasteiger partial charge in [0.05, 0.1) is 12.3 Å². The second kappa shape index (κ2) is 9.09. The van der Waals surface area contributed by atoms with Gasteiger partial charge >= 0.3 is 5.69 Å². The molecular formula is C19H23N3O5. The van der Waals surface area contributed by atoms with E-state index in [0.29, 0.717) is 24.3 Å². The molecule has 144 valence electrons. The topological polar surface area (TPSA) is 103 Å². The summed E-state index contributed by atoms with van der Waals surface area (Å²) in [5, 5.41) is 10.2. The van der Waals surface area contributed by atoms with Crippen molar-refractivity contribution in [1.29, 1.82) is 0 Å². The molecule has 0 saturated heterocycles. The summed E-state index contributed by atoms with van der Waals surface area (Å²) in [6.07, 6.45) is 1.53. The molecule has 1 aromatic heterocycles. The van der Waals surface area contributed by atoms with Crippen LogP contribution in [-0.4, -0.2) is 40.0 Å². The molecule has 8 nitrogen and oxygen atoms in total. The van der Waals surface area contributed by atoms with Crippen LogP contribution in [0.15, 0.2) is 38.8 Å². The SMILES string of the molecule is CCn1c(O)c(C=Nc2ccc(C(=O)CCOC)cc2)c(=O)n(CC)c1=O. The highest BCUT2D eigenvalue weighted by atomic mass is 16.5. The molecule has 0 unspecified atom stereocenters. The Balaban J connectivity index is 2.34. The third kappa shape index (κ3) is 4.40. The predicted molar refractivity (Wildman–Crippen MR) is 102 cm³/mol. The van der Waals surface area contributed by atoms with Gasteiger partial charge in [0.2, 0.25) is 5.88 Å². The maximum Gasteiger partial charge on any atom is 0.333 e. The average Bonchev–Trinajstić information content (AvgIpc) is 2.67. The van der Waals surface area contributed by atoms with Gasteiger partial charge in [-0.3, -0.25) is 23.7 Å². The molecule has 1 aromatic carbocycles. The molecule has 0 amide bonds. The van der Waals surface area contributed by atoms with Crippen LogP contribution in [0.3, 0.4) is 0 Å². The number of aliphatic imine (C=N–C) groups is 1. The van der Waals surface area contributed by atoms with Crippen molar-refractivity contribution in [3.8, 4) is 5.88 Å². The number of carbonyl (C=O) groups is 1. The normalized spacial score (nSPS) is 11.2. The molecule has 27 heavy (non-hydrogen) atoms. The van der Waals surface area contributed by atoms with Crippen LogP contribution in [0.2, 0.25) is 0 Å². The molecule has 0 spiro atoms. The van der Waals surface area contributed by atoms with E-state index in [1.807, 2.05) is 0 Å². The van der Waals surface area contributed by atoms with Crippen molar-refractivity contribution in [1.82, 2.24) is 9.13 Å². The molecule has 0 aliphatic heterocycles. The lowest BCUT2D eigenvalue weighted by molar-refractivity contribution is 0.0932. The Bertz CT molecular complexity index is 955. The largest absolute Gasteiger partial charge is 0.494 e. The molecule has 0 saturated carbocycles. The van der Waals surface area contributed by atoms with Crippen molar-refractivity contribution in [2.24, 2.45) is 4.99 Å². The number of carbonyl (C=O) groups excluding carboxylic acids is 1. The molecule has 8 heteroatoms. The number of ether oxygens (including phenoxy) is 1. The number of aromatic hydroxyl groups is 1. The van der Waals surface area contributed by atoms with Crippen molar-refractivity contribution >= 4 is 17.7 Å². The van der Waals surface area contributed by atoms with E-state index in [9.17, 15) is 19.5 Å². The average molecular weight is 373 g/mol. The molecule has 0 aliphatic carbocycles. The number of ketones is 1. The Morgan fingerprint density at radius 3 is 2.33 bits per heavy atom. The summed E-state index contributed by atoms with van der Waals surface area (Å²) in [5.74, 6) is -0.446. The molecule has 0 atom stereocenters. The minimum Gasteiger partial charge on any atom is -0.494 e. The van der Waals surface area contributed by atoms with Crippen LogP contribution in [0.25, 0.3) is 0 Å². The van der Waals surface area contributed by atoms with Gasteiger partial charge in [-0.25, -0.2) is 4.79 Å². The van der Waals surface area contributed by atoms with Gasteiger partial charge in [0.15, 0.2) is 5.78 Å². The van der Waals surface area contributed by atoms with Gasteiger partial charge < -0.3 is 9.84 Å². The van der Waals surface area contributed by atoms with E-state index in [1.54, 1.807) is 38.1 Å². The number of benzene rings is 1. The Morgan fingerprint density at radius 1 is 1.15 bits per heavy atom. The van der Waals surface area contributed by atoms with Crippen LogP contribution in [0.5, 0.6) is 5.88 Å². The molecule has 0 radical (unpaired) electrons. The van der Waals surface area contributed by atoms with Gasteiger partial charge in [0.25, 0.3) is 5.56 Å². The van der Waals surface area contributed by atoms with Crippen molar-refractivity contribution in [3.05, 3.63) is 56.2 Å². The van der Waals surface area contributed by atoms with Gasteiger partial charge in [0, 0.05) is 38.4 Å². The number of methoxy groups -OCH3 is 1. The van der Waals surface area contributed by atoms with Crippen LogP contribution in [0.1, 0.15) is 36.2 Å². The molecule has 0 aliphatic rings. The molecule has 2 aromatic rings. The van der Waals surface area contributed by atoms with E-state index in [0.717, 1.165) is 9.13 Å². The first-order valence-corrected chi connectivity index (χ1v) is 8.67. The molecule has 0 bridgehead atoms.